The van der Waals surface area contributed by atoms with Crippen molar-refractivity contribution in [1.29, 1.82) is 0 Å². The van der Waals surface area contributed by atoms with Crippen LogP contribution >= 0.6 is 0 Å². The van der Waals surface area contributed by atoms with Gasteiger partial charge in [0.1, 0.15) is 5.75 Å². The Morgan fingerprint density at radius 1 is 0.739 bits per heavy atom. The van der Waals surface area contributed by atoms with Gasteiger partial charge < -0.3 is 5.11 Å². The summed E-state index contributed by atoms with van der Waals surface area (Å²) in [5, 5.41) is 13.2. The lowest BCUT2D eigenvalue weighted by molar-refractivity contribution is 0.381. The van der Waals surface area contributed by atoms with Crippen LogP contribution in [0.3, 0.4) is 0 Å². The van der Waals surface area contributed by atoms with Gasteiger partial charge in [0.15, 0.2) is 0 Å². The minimum Gasteiger partial charge on any atom is -0.507 e. The molecule has 0 aromatic heterocycles. The van der Waals surface area contributed by atoms with Crippen molar-refractivity contribution in [3.8, 4) is 5.75 Å². The molecule has 4 atom stereocenters. The van der Waals surface area contributed by atoms with Gasteiger partial charge in [-0.2, -0.15) is 0 Å². The summed E-state index contributed by atoms with van der Waals surface area (Å²) in [6.45, 7) is 9.45. The Morgan fingerprint density at radius 3 is 1.74 bits per heavy atom. The average Bonchev–Trinajstić information content (AvgIpc) is 2.44. The number of hydrogen-bond acceptors (Lipinski definition) is 1. The zero-order valence-corrected chi connectivity index (χ0v) is 15.2. The minimum atomic E-state index is 0.497. The highest BCUT2D eigenvalue weighted by molar-refractivity contribution is 5.56. The maximum Gasteiger partial charge on any atom is 0.123 e. The molecule has 4 unspecified atom stereocenters. The summed E-state index contributed by atoms with van der Waals surface area (Å²) in [7, 11) is 0. The molecule has 0 spiro atoms. The van der Waals surface area contributed by atoms with Crippen molar-refractivity contribution in [3.05, 3.63) is 28.6 Å². The van der Waals surface area contributed by atoms with Gasteiger partial charge >= 0.3 is 0 Å². The van der Waals surface area contributed by atoms with E-state index in [-0.39, 0.29) is 0 Å². The first-order valence-corrected chi connectivity index (χ1v) is 9.46. The van der Waals surface area contributed by atoms with Crippen molar-refractivity contribution in [1.82, 2.24) is 0 Å². The Bertz CT molecular complexity index is 660. The van der Waals surface area contributed by atoms with Crippen molar-refractivity contribution in [3.63, 3.8) is 0 Å². The van der Waals surface area contributed by atoms with Gasteiger partial charge in [-0.3, -0.25) is 0 Å². The van der Waals surface area contributed by atoms with E-state index < -0.39 is 0 Å². The Balaban J connectivity index is 2.22. The quantitative estimate of drug-likeness (QED) is 0.742. The van der Waals surface area contributed by atoms with Gasteiger partial charge in [-0.05, 0) is 73.5 Å². The molecule has 126 valence electrons. The minimum absolute atomic E-state index is 0.497. The van der Waals surface area contributed by atoms with Gasteiger partial charge in [-0.25, -0.2) is 0 Å². The third-order valence-corrected chi connectivity index (χ3v) is 5.77. The molecule has 1 N–H and O–H groups in total. The second-order valence-electron chi connectivity index (χ2n) is 8.62. The third-order valence-electron chi connectivity index (χ3n) is 5.77. The lowest BCUT2D eigenvalue weighted by atomic mass is 9.77. The van der Waals surface area contributed by atoms with Crippen LogP contribution in [0.5, 0.6) is 5.75 Å². The Hall–Kier alpha value is -1.24. The SMILES string of the molecule is CC1CC(=c2cccc(O)c2=C2CC(C)CC(C)C2)CC(C)C1. The van der Waals surface area contributed by atoms with E-state index in [4.69, 9.17) is 0 Å². The van der Waals surface area contributed by atoms with Crippen molar-refractivity contribution in [2.75, 3.05) is 0 Å². The number of phenols is 1. The molecule has 0 aliphatic heterocycles. The highest BCUT2D eigenvalue weighted by Gasteiger charge is 2.23. The molecule has 0 radical (unpaired) electrons. The molecular weight excluding hydrogens is 280 g/mol. The molecule has 2 aliphatic carbocycles. The Labute approximate surface area is 141 Å². The summed E-state index contributed by atoms with van der Waals surface area (Å²) < 4.78 is 0. The maximum absolute atomic E-state index is 10.6. The summed E-state index contributed by atoms with van der Waals surface area (Å²) >= 11 is 0. The number of phenolic OH excluding ortho intramolecular Hbond substituents is 1. The maximum atomic E-state index is 10.6. The standard InChI is InChI=1S/C22H32O/c1-14-8-15(2)11-18(10-14)20-6-5-7-21(23)22(20)19-12-16(3)9-17(4)13-19/h5-7,14-17,23H,8-13H2,1-4H3. The largest absolute Gasteiger partial charge is 0.507 e. The summed E-state index contributed by atoms with van der Waals surface area (Å²) in [6.07, 6.45) is 7.33. The summed E-state index contributed by atoms with van der Waals surface area (Å²) in [5.74, 6) is 3.49. The second-order valence-corrected chi connectivity index (χ2v) is 8.62. The fraction of sp³-hybridized carbons (Fsp3) is 0.636. The van der Waals surface area contributed by atoms with Crippen LogP contribution in [-0.4, -0.2) is 5.11 Å². The van der Waals surface area contributed by atoms with Crippen LogP contribution in [0, 0.1) is 23.7 Å². The average molecular weight is 312 g/mol. The molecule has 1 heteroatoms. The monoisotopic (exact) mass is 312 g/mol. The first-order valence-electron chi connectivity index (χ1n) is 9.46. The van der Waals surface area contributed by atoms with Crippen molar-refractivity contribution in [2.24, 2.45) is 23.7 Å². The lowest BCUT2D eigenvalue weighted by Gasteiger charge is -2.28. The molecule has 0 amide bonds. The van der Waals surface area contributed by atoms with E-state index in [1.54, 1.807) is 5.57 Å². The van der Waals surface area contributed by atoms with Crippen LogP contribution in [0.4, 0.5) is 0 Å². The van der Waals surface area contributed by atoms with Gasteiger partial charge in [0.2, 0.25) is 0 Å². The van der Waals surface area contributed by atoms with E-state index in [1.165, 1.54) is 41.7 Å². The first kappa shape index (κ1) is 16.6. The van der Waals surface area contributed by atoms with Crippen LogP contribution in [0.1, 0.15) is 66.2 Å². The smallest absolute Gasteiger partial charge is 0.123 e. The van der Waals surface area contributed by atoms with Crippen LogP contribution in [-0.2, 0) is 0 Å². The van der Waals surface area contributed by atoms with Crippen LogP contribution < -0.4 is 10.4 Å². The van der Waals surface area contributed by atoms with E-state index in [0.717, 1.165) is 36.5 Å². The van der Waals surface area contributed by atoms with Gasteiger partial charge in [-0.1, -0.05) is 51.0 Å². The van der Waals surface area contributed by atoms with E-state index in [2.05, 4.69) is 33.8 Å². The van der Waals surface area contributed by atoms with E-state index >= 15 is 0 Å². The van der Waals surface area contributed by atoms with Gasteiger partial charge in [-0.15, -0.1) is 0 Å². The molecule has 0 heterocycles. The van der Waals surface area contributed by atoms with Gasteiger partial charge in [0.05, 0.1) is 0 Å². The van der Waals surface area contributed by atoms with Crippen molar-refractivity contribution >= 4 is 11.1 Å². The van der Waals surface area contributed by atoms with Crippen LogP contribution in [0.15, 0.2) is 18.2 Å². The topological polar surface area (TPSA) is 20.2 Å². The number of rotatable bonds is 0. The van der Waals surface area contributed by atoms with Crippen molar-refractivity contribution in [2.45, 2.75) is 66.2 Å². The molecule has 1 nitrogen and oxygen atoms in total. The predicted octanol–water partition coefficient (Wildman–Crippen LogP) is 4.61. The molecule has 23 heavy (non-hydrogen) atoms. The second kappa shape index (κ2) is 6.71. The molecule has 2 saturated carbocycles. The zero-order chi connectivity index (χ0) is 16.6. The van der Waals surface area contributed by atoms with E-state index in [9.17, 15) is 5.11 Å². The van der Waals surface area contributed by atoms with Crippen LogP contribution in [0.25, 0.3) is 11.1 Å². The summed E-state index contributed by atoms with van der Waals surface area (Å²) in [5.41, 5.74) is 3.06. The summed E-state index contributed by atoms with van der Waals surface area (Å²) in [6, 6.07) is 6.17. The fourth-order valence-corrected chi connectivity index (χ4v) is 5.19. The molecule has 3 rings (SSSR count). The highest BCUT2D eigenvalue weighted by Crippen LogP contribution is 2.34. The molecule has 1 aromatic carbocycles. The lowest BCUT2D eigenvalue weighted by Crippen LogP contribution is -2.33. The van der Waals surface area contributed by atoms with Crippen molar-refractivity contribution < 1.29 is 5.11 Å². The molecule has 0 bridgehead atoms. The predicted molar refractivity (Wildman–Crippen MR) is 98.5 cm³/mol. The van der Waals surface area contributed by atoms with Gasteiger partial charge in [0, 0.05) is 5.22 Å². The summed E-state index contributed by atoms with van der Waals surface area (Å²) in [4.78, 5) is 0. The molecule has 0 saturated heterocycles. The molecule has 2 fully saturated rings. The molecular formula is C22H32O. The first-order chi connectivity index (χ1) is 10.9. The third kappa shape index (κ3) is 3.65. The number of benzene rings is 1. The number of hydrogen-bond donors (Lipinski definition) is 1. The normalized spacial score (nSPS) is 32.2. The van der Waals surface area contributed by atoms with Gasteiger partial charge in [0.25, 0.3) is 0 Å². The molecule has 1 aromatic rings. The number of aromatic hydroxyl groups is 1. The molecule has 2 aliphatic rings. The van der Waals surface area contributed by atoms with Crippen LogP contribution in [0.2, 0.25) is 0 Å². The van der Waals surface area contributed by atoms with E-state index in [1.807, 2.05) is 12.1 Å². The highest BCUT2D eigenvalue weighted by atomic mass is 16.3. The Morgan fingerprint density at radius 2 is 1.22 bits per heavy atom. The van der Waals surface area contributed by atoms with E-state index in [0.29, 0.717) is 5.75 Å². The fourth-order valence-electron chi connectivity index (χ4n) is 5.19. The Kier molecular flexibility index (Phi) is 4.85. The zero-order valence-electron chi connectivity index (χ0n) is 15.2.